The summed E-state index contributed by atoms with van der Waals surface area (Å²) in [6, 6.07) is 10.7. The average Bonchev–Trinajstić information content (AvgIpc) is 3.44. The van der Waals surface area contributed by atoms with Gasteiger partial charge in [-0.3, -0.25) is 4.72 Å². The molecule has 0 amide bonds. The molecule has 0 unspecified atom stereocenters. The maximum atomic E-state index is 13.6. The van der Waals surface area contributed by atoms with E-state index >= 15 is 0 Å². The van der Waals surface area contributed by atoms with E-state index in [0.29, 0.717) is 18.5 Å². The SMILES string of the molecule is CC(C)(COc1ccn(-c2ncc(NS(=O)(=O)c3ccnc(F)c3)nc2-c2ccccc2CCCCCCN)n1)C(F)(F)F. The molecular weight excluding hydrogens is 602 g/mol. The zero-order valence-corrected chi connectivity index (χ0v) is 25.0. The summed E-state index contributed by atoms with van der Waals surface area (Å²) in [5.41, 5.74) is 5.33. The first kappa shape index (κ1) is 32.8. The third kappa shape index (κ3) is 8.08. The first-order valence-electron chi connectivity index (χ1n) is 13.9. The molecule has 236 valence electrons. The van der Waals surface area contributed by atoms with E-state index < -0.39 is 34.2 Å². The lowest BCUT2D eigenvalue weighted by Crippen LogP contribution is -2.37. The van der Waals surface area contributed by atoms with Crippen LogP contribution in [0.4, 0.5) is 23.4 Å². The highest BCUT2D eigenvalue weighted by Crippen LogP contribution is 2.38. The molecule has 0 aliphatic rings. The van der Waals surface area contributed by atoms with Crippen molar-refractivity contribution in [2.24, 2.45) is 11.1 Å². The number of aromatic nitrogens is 5. The van der Waals surface area contributed by atoms with Crippen molar-refractivity contribution in [3.8, 4) is 23.0 Å². The number of unbranched alkanes of at least 4 members (excludes halogenated alkanes) is 3. The Balaban J connectivity index is 1.71. The molecule has 10 nitrogen and oxygen atoms in total. The third-order valence-corrected chi connectivity index (χ3v) is 8.16. The molecule has 0 spiro atoms. The van der Waals surface area contributed by atoms with E-state index in [1.165, 1.54) is 23.1 Å². The number of nitrogens with zero attached hydrogens (tertiary/aromatic N) is 5. The van der Waals surface area contributed by atoms with Gasteiger partial charge >= 0.3 is 6.18 Å². The second kappa shape index (κ2) is 13.7. The van der Waals surface area contributed by atoms with Gasteiger partial charge < -0.3 is 10.5 Å². The minimum atomic E-state index is -4.48. The summed E-state index contributed by atoms with van der Waals surface area (Å²) in [6.07, 6.45) is 3.60. The Bertz CT molecular complexity index is 1680. The maximum absolute atomic E-state index is 13.6. The first-order valence-corrected chi connectivity index (χ1v) is 15.3. The van der Waals surface area contributed by atoms with Crippen LogP contribution in [0.2, 0.25) is 0 Å². The highest BCUT2D eigenvalue weighted by atomic mass is 32.2. The number of ether oxygens (including phenoxy) is 1. The number of rotatable bonds is 14. The Morgan fingerprint density at radius 3 is 2.50 bits per heavy atom. The van der Waals surface area contributed by atoms with Crippen LogP contribution < -0.4 is 15.2 Å². The van der Waals surface area contributed by atoms with Crippen LogP contribution in [0.3, 0.4) is 0 Å². The van der Waals surface area contributed by atoms with Crippen LogP contribution in [-0.2, 0) is 16.4 Å². The van der Waals surface area contributed by atoms with Gasteiger partial charge in [0.15, 0.2) is 11.6 Å². The fourth-order valence-corrected chi connectivity index (χ4v) is 5.13. The Kier molecular flexibility index (Phi) is 10.2. The molecule has 3 heterocycles. The number of hydrogen-bond acceptors (Lipinski definition) is 8. The predicted octanol–water partition coefficient (Wildman–Crippen LogP) is 5.69. The van der Waals surface area contributed by atoms with Crippen molar-refractivity contribution in [2.75, 3.05) is 17.9 Å². The monoisotopic (exact) mass is 635 g/mol. The largest absolute Gasteiger partial charge is 0.476 e. The van der Waals surface area contributed by atoms with E-state index in [1.807, 2.05) is 18.2 Å². The van der Waals surface area contributed by atoms with Crippen molar-refractivity contribution >= 4 is 15.8 Å². The van der Waals surface area contributed by atoms with Gasteiger partial charge in [0.05, 0.1) is 16.5 Å². The molecule has 44 heavy (non-hydrogen) atoms. The second-order valence-electron chi connectivity index (χ2n) is 10.7. The number of alkyl halides is 3. The minimum absolute atomic E-state index is 0.0623. The van der Waals surface area contributed by atoms with Crippen molar-refractivity contribution in [3.05, 3.63) is 72.6 Å². The zero-order valence-electron chi connectivity index (χ0n) is 24.2. The molecule has 1 aromatic carbocycles. The van der Waals surface area contributed by atoms with Gasteiger partial charge in [0.2, 0.25) is 11.8 Å². The third-order valence-electron chi connectivity index (χ3n) is 6.80. The van der Waals surface area contributed by atoms with Crippen molar-refractivity contribution in [2.45, 2.75) is 57.0 Å². The molecule has 15 heteroatoms. The fraction of sp³-hybridized carbons (Fsp3) is 0.379. The summed E-state index contributed by atoms with van der Waals surface area (Å²) in [7, 11) is -4.25. The van der Waals surface area contributed by atoms with Crippen LogP contribution in [0, 0.1) is 11.4 Å². The normalized spacial score (nSPS) is 12.3. The molecule has 0 radical (unpaired) electrons. The Hall–Kier alpha value is -4.11. The highest BCUT2D eigenvalue weighted by molar-refractivity contribution is 7.92. The summed E-state index contributed by atoms with van der Waals surface area (Å²) < 4.78 is 88.5. The van der Waals surface area contributed by atoms with E-state index in [1.54, 1.807) is 6.07 Å². The lowest BCUT2D eigenvalue weighted by atomic mass is 9.94. The average molecular weight is 636 g/mol. The molecule has 3 N–H and O–H groups in total. The van der Waals surface area contributed by atoms with Gasteiger partial charge in [0.1, 0.15) is 12.3 Å². The second-order valence-corrected chi connectivity index (χ2v) is 12.4. The lowest BCUT2D eigenvalue weighted by Gasteiger charge is -2.26. The van der Waals surface area contributed by atoms with Gasteiger partial charge in [0.25, 0.3) is 10.0 Å². The minimum Gasteiger partial charge on any atom is -0.476 e. The topological polar surface area (TPSA) is 138 Å². The summed E-state index contributed by atoms with van der Waals surface area (Å²) in [5.74, 6) is -0.990. The molecule has 0 saturated carbocycles. The number of anilines is 1. The van der Waals surface area contributed by atoms with Crippen molar-refractivity contribution in [3.63, 3.8) is 0 Å². The summed E-state index contributed by atoms with van der Waals surface area (Å²) in [4.78, 5) is 12.0. The number of hydrogen-bond donors (Lipinski definition) is 2. The molecule has 0 atom stereocenters. The van der Waals surface area contributed by atoms with Crippen LogP contribution in [-0.4, -0.2) is 52.5 Å². The number of pyridine rings is 1. The summed E-state index contributed by atoms with van der Waals surface area (Å²) in [6.45, 7) is 2.02. The van der Waals surface area contributed by atoms with Crippen molar-refractivity contribution < 1.29 is 30.7 Å². The zero-order chi connectivity index (χ0) is 32.0. The van der Waals surface area contributed by atoms with Crippen molar-refractivity contribution in [1.29, 1.82) is 0 Å². The molecule has 0 aliphatic heterocycles. The number of aryl methyl sites for hydroxylation is 1. The molecule has 4 aromatic rings. The van der Waals surface area contributed by atoms with Crippen LogP contribution in [0.15, 0.2) is 66.0 Å². The molecule has 4 rings (SSSR count). The van der Waals surface area contributed by atoms with Gasteiger partial charge in [-0.25, -0.2) is 28.1 Å². The number of nitrogens with two attached hydrogens (primary N) is 1. The van der Waals surface area contributed by atoms with Crippen LogP contribution >= 0.6 is 0 Å². The van der Waals surface area contributed by atoms with Crippen LogP contribution in [0.25, 0.3) is 17.1 Å². The van der Waals surface area contributed by atoms with Gasteiger partial charge in [-0.1, -0.05) is 37.1 Å². The van der Waals surface area contributed by atoms with E-state index in [0.717, 1.165) is 63.4 Å². The van der Waals surface area contributed by atoms with Gasteiger partial charge in [0, 0.05) is 30.1 Å². The van der Waals surface area contributed by atoms with E-state index in [2.05, 4.69) is 24.8 Å². The van der Waals surface area contributed by atoms with E-state index in [4.69, 9.17) is 10.5 Å². The van der Waals surface area contributed by atoms with Gasteiger partial charge in [-0.15, -0.1) is 5.10 Å². The Labute approximate surface area is 252 Å². The lowest BCUT2D eigenvalue weighted by molar-refractivity contribution is -0.219. The fourth-order valence-electron chi connectivity index (χ4n) is 4.15. The quantitative estimate of drug-likeness (QED) is 0.102. The van der Waals surface area contributed by atoms with E-state index in [-0.39, 0.29) is 28.1 Å². The maximum Gasteiger partial charge on any atom is 0.397 e. The molecular formula is C29H33F4N7O3S. The molecule has 0 aliphatic carbocycles. The summed E-state index contributed by atoms with van der Waals surface area (Å²) in [5, 5.41) is 4.26. The van der Waals surface area contributed by atoms with Crippen LogP contribution in [0.1, 0.15) is 45.1 Å². The smallest absolute Gasteiger partial charge is 0.397 e. The highest BCUT2D eigenvalue weighted by Gasteiger charge is 2.48. The van der Waals surface area contributed by atoms with Gasteiger partial charge in [-0.05, 0) is 51.3 Å². The summed E-state index contributed by atoms with van der Waals surface area (Å²) >= 11 is 0. The molecule has 0 saturated heterocycles. The molecule has 0 bridgehead atoms. The standard InChI is InChI=1S/C29H33F4N7O3S/c1-28(2,29(31,32)33)19-43-25-13-16-40(38-25)27-26(22-11-7-6-10-20(22)9-5-3-4-8-14-34)37-24(18-36-27)39-44(41,42)21-12-15-35-23(30)17-21/h6-7,10-13,15-18H,3-5,8-9,14,19,34H2,1-2H3,(H,37,39). The van der Waals surface area contributed by atoms with Crippen LogP contribution in [0.5, 0.6) is 5.88 Å². The number of nitrogens with one attached hydrogen (secondary N) is 1. The molecule has 3 aromatic heterocycles. The Morgan fingerprint density at radius 2 is 1.77 bits per heavy atom. The Morgan fingerprint density at radius 1 is 1.02 bits per heavy atom. The number of sulfonamides is 1. The molecule has 0 fully saturated rings. The van der Waals surface area contributed by atoms with Crippen molar-refractivity contribution in [1.82, 2.24) is 24.7 Å². The predicted molar refractivity (Wildman–Crippen MR) is 156 cm³/mol. The number of benzene rings is 1. The number of halogens is 4. The van der Waals surface area contributed by atoms with Gasteiger partial charge in [-0.2, -0.15) is 17.6 Å². The van der Waals surface area contributed by atoms with E-state index in [9.17, 15) is 26.0 Å². The first-order chi connectivity index (χ1) is 20.8.